The third kappa shape index (κ3) is 2.76. The second kappa shape index (κ2) is 5.59. The van der Waals surface area contributed by atoms with Crippen molar-refractivity contribution in [3.63, 3.8) is 0 Å². The van der Waals surface area contributed by atoms with Gasteiger partial charge in [0.05, 0.1) is 0 Å². The van der Waals surface area contributed by atoms with Gasteiger partial charge in [-0.25, -0.2) is 8.78 Å². The summed E-state index contributed by atoms with van der Waals surface area (Å²) in [5.41, 5.74) is 1.58. The summed E-state index contributed by atoms with van der Waals surface area (Å²) >= 11 is 1.63. The maximum absolute atomic E-state index is 13.6. The molecule has 0 radical (unpaired) electrons. The summed E-state index contributed by atoms with van der Waals surface area (Å²) in [6.45, 7) is 2.03. The molecule has 0 aliphatic rings. The fourth-order valence-electron chi connectivity index (χ4n) is 1.99. The lowest BCUT2D eigenvalue weighted by Gasteiger charge is -2.16. The Morgan fingerprint density at radius 3 is 2.67 bits per heavy atom. The van der Waals surface area contributed by atoms with Crippen molar-refractivity contribution < 1.29 is 8.78 Å². The number of hydrogen-bond acceptors (Lipinski definition) is 2. The Hall–Kier alpha value is -1.26. The van der Waals surface area contributed by atoms with Gasteiger partial charge in [-0.3, -0.25) is 0 Å². The number of hydrogen-bond donors (Lipinski definition) is 1. The van der Waals surface area contributed by atoms with Gasteiger partial charge < -0.3 is 5.32 Å². The maximum atomic E-state index is 13.6. The molecule has 18 heavy (non-hydrogen) atoms. The molecule has 0 aliphatic heterocycles. The van der Waals surface area contributed by atoms with Crippen LogP contribution in [0.5, 0.6) is 0 Å². The molecule has 1 atom stereocenters. The van der Waals surface area contributed by atoms with Crippen molar-refractivity contribution in [2.75, 3.05) is 7.05 Å². The van der Waals surface area contributed by atoms with Crippen LogP contribution in [0, 0.1) is 18.6 Å². The van der Waals surface area contributed by atoms with Crippen molar-refractivity contribution in [1.82, 2.24) is 5.32 Å². The Labute approximate surface area is 109 Å². The van der Waals surface area contributed by atoms with Crippen LogP contribution in [0.15, 0.2) is 29.6 Å². The lowest BCUT2D eigenvalue weighted by atomic mass is 10.0. The number of likely N-dealkylation sites (N-methyl/N-ethyl adjacent to an activating group) is 1. The average molecular weight is 267 g/mol. The summed E-state index contributed by atoms with van der Waals surface area (Å²) in [7, 11) is 1.83. The first kappa shape index (κ1) is 13.2. The molecule has 96 valence electrons. The molecule has 0 saturated carbocycles. The topological polar surface area (TPSA) is 12.0 Å². The number of rotatable bonds is 4. The van der Waals surface area contributed by atoms with E-state index in [1.165, 1.54) is 22.6 Å². The van der Waals surface area contributed by atoms with E-state index in [1.807, 2.05) is 25.4 Å². The van der Waals surface area contributed by atoms with Crippen LogP contribution in [0.25, 0.3) is 0 Å². The predicted molar refractivity (Wildman–Crippen MR) is 70.9 cm³/mol. The van der Waals surface area contributed by atoms with Crippen LogP contribution >= 0.6 is 11.3 Å². The maximum Gasteiger partial charge on any atom is 0.126 e. The van der Waals surface area contributed by atoms with E-state index < -0.39 is 5.82 Å². The Bertz CT molecular complexity index is 536. The fraction of sp³-hybridized carbons (Fsp3) is 0.286. The lowest BCUT2D eigenvalue weighted by Crippen LogP contribution is -2.19. The second-order valence-electron chi connectivity index (χ2n) is 4.25. The van der Waals surface area contributed by atoms with Crippen molar-refractivity contribution in [3.8, 4) is 0 Å². The van der Waals surface area contributed by atoms with E-state index in [4.69, 9.17) is 0 Å². The first-order valence-electron chi connectivity index (χ1n) is 5.77. The first-order chi connectivity index (χ1) is 8.61. The predicted octanol–water partition coefficient (Wildman–Crippen LogP) is 3.84. The standard InChI is InChI=1S/C14H15F2NS/c1-9-5-6-18-14(9)13(17-2)8-10-7-11(15)3-4-12(10)16/h3-7,13,17H,8H2,1-2H3. The van der Waals surface area contributed by atoms with Crippen LogP contribution in [0.3, 0.4) is 0 Å². The summed E-state index contributed by atoms with van der Waals surface area (Å²) in [6.07, 6.45) is 0.446. The Morgan fingerprint density at radius 2 is 2.06 bits per heavy atom. The number of aryl methyl sites for hydroxylation is 1. The van der Waals surface area contributed by atoms with Crippen molar-refractivity contribution in [2.45, 2.75) is 19.4 Å². The highest BCUT2D eigenvalue weighted by Gasteiger charge is 2.16. The molecule has 1 N–H and O–H groups in total. The summed E-state index contributed by atoms with van der Waals surface area (Å²) in [4.78, 5) is 1.17. The summed E-state index contributed by atoms with van der Waals surface area (Å²) in [6, 6.07) is 5.64. The highest BCUT2D eigenvalue weighted by atomic mass is 32.1. The summed E-state index contributed by atoms with van der Waals surface area (Å²) < 4.78 is 26.8. The van der Waals surface area contributed by atoms with E-state index in [9.17, 15) is 8.78 Å². The van der Waals surface area contributed by atoms with Crippen molar-refractivity contribution in [1.29, 1.82) is 0 Å². The van der Waals surface area contributed by atoms with Crippen molar-refractivity contribution in [3.05, 3.63) is 57.3 Å². The molecule has 1 aromatic heterocycles. The smallest absolute Gasteiger partial charge is 0.126 e. The number of thiophene rings is 1. The molecule has 2 rings (SSSR count). The number of halogens is 2. The highest BCUT2D eigenvalue weighted by Crippen LogP contribution is 2.27. The molecular weight excluding hydrogens is 252 g/mol. The van der Waals surface area contributed by atoms with E-state index in [0.29, 0.717) is 12.0 Å². The molecule has 0 fully saturated rings. The quantitative estimate of drug-likeness (QED) is 0.887. The largest absolute Gasteiger partial charge is 0.312 e. The molecule has 0 bridgehead atoms. The van der Waals surface area contributed by atoms with Crippen LogP contribution in [-0.2, 0) is 6.42 Å². The van der Waals surface area contributed by atoms with Crippen LogP contribution in [-0.4, -0.2) is 7.05 Å². The first-order valence-corrected chi connectivity index (χ1v) is 6.65. The summed E-state index contributed by atoms with van der Waals surface area (Å²) in [5, 5.41) is 5.17. The van der Waals surface area contributed by atoms with Crippen molar-refractivity contribution >= 4 is 11.3 Å². The van der Waals surface area contributed by atoms with E-state index in [0.717, 1.165) is 6.07 Å². The molecule has 1 unspecified atom stereocenters. The molecular formula is C14H15F2NS. The van der Waals surface area contributed by atoms with Gasteiger partial charge in [0, 0.05) is 10.9 Å². The molecule has 0 aliphatic carbocycles. The van der Waals surface area contributed by atoms with Gasteiger partial charge in [0.15, 0.2) is 0 Å². The third-order valence-electron chi connectivity index (χ3n) is 3.00. The number of nitrogens with one attached hydrogen (secondary N) is 1. The normalized spacial score (nSPS) is 12.7. The highest BCUT2D eigenvalue weighted by molar-refractivity contribution is 7.10. The SMILES string of the molecule is CNC(Cc1cc(F)ccc1F)c1sccc1C. The van der Waals surface area contributed by atoms with Gasteiger partial charge in [0.25, 0.3) is 0 Å². The molecule has 1 aromatic carbocycles. The van der Waals surface area contributed by atoms with Crippen LogP contribution < -0.4 is 5.32 Å². The Kier molecular flexibility index (Phi) is 4.09. The molecule has 0 saturated heterocycles. The fourth-order valence-corrected chi connectivity index (χ4v) is 3.03. The van der Waals surface area contributed by atoms with E-state index in [-0.39, 0.29) is 11.9 Å². The zero-order valence-corrected chi connectivity index (χ0v) is 11.2. The van der Waals surface area contributed by atoms with E-state index >= 15 is 0 Å². The monoisotopic (exact) mass is 267 g/mol. The molecule has 2 aromatic rings. The second-order valence-corrected chi connectivity index (χ2v) is 5.20. The molecule has 1 nitrogen and oxygen atoms in total. The minimum Gasteiger partial charge on any atom is -0.312 e. The van der Waals surface area contributed by atoms with Gasteiger partial charge in [-0.1, -0.05) is 0 Å². The van der Waals surface area contributed by atoms with Gasteiger partial charge in [0.2, 0.25) is 0 Å². The zero-order chi connectivity index (χ0) is 13.1. The van der Waals surface area contributed by atoms with Gasteiger partial charge in [0.1, 0.15) is 11.6 Å². The van der Waals surface area contributed by atoms with Gasteiger partial charge in [-0.2, -0.15) is 0 Å². The third-order valence-corrected chi connectivity index (χ3v) is 4.13. The molecule has 0 amide bonds. The van der Waals surface area contributed by atoms with Gasteiger partial charge in [-0.05, 0) is 61.2 Å². The molecule has 0 spiro atoms. The lowest BCUT2D eigenvalue weighted by molar-refractivity contribution is 0.547. The minimum atomic E-state index is -0.399. The molecule has 1 heterocycles. The Morgan fingerprint density at radius 1 is 1.28 bits per heavy atom. The zero-order valence-electron chi connectivity index (χ0n) is 10.3. The number of benzene rings is 1. The summed E-state index contributed by atoms with van der Waals surface area (Å²) in [5.74, 6) is -0.755. The van der Waals surface area contributed by atoms with Crippen molar-refractivity contribution in [2.24, 2.45) is 0 Å². The van der Waals surface area contributed by atoms with Crippen LogP contribution in [0.2, 0.25) is 0 Å². The Balaban J connectivity index is 2.26. The van der Waals surface area contributed by atoms with E-state index in [2.05, 4.69) is 5.32 Å². The van der Waals surface area contributed by atoms with Crippen LogP contribution in [0.1, 0.15) is 22.0 Å². The van der Waals surface area contributed by atoms with Gasteiger partial charge in [-0.15, -0.1) is 11.3 Å². The molecule has 4 heteroatoms. The average Bonchev–Trinajstić information content (AvgIpc) is 2.77. The van der Waals surface area contributed by atoms with Gasteiger partial charge >= 0.3 is 0 Å². The minimum absolute atomic E-state index is 0.0151. The van der Waals surface area contributed by atoms with E-state index in [1.54, 1.807) is 11.3 Å². The van der Waals surface area contributed by atoms with Crippen LogP contribution in [0.4, 0.5) is 8.78 Å².